The molecule has 1 atom stereocenters. The number of benzene rings is 2. The van der Waals surface area contributed by atoms with Crippen LogP contribution in [0, 0.1) is 13.8 Å². The summed E-state index contributed by atoms with van der Waals surface area (Å²) in [7, 11) is -3.55. The van der Waals surface area contributed by atoms with Crippen LogP contribution < -0.4 is 4.72 Å². The molecule has 24 heavy (non-hydrogen) atoms. The van der Waals surface area contributed by atoms with E-state index in [1.165, 1.54) is 5.56 Å². The molecule has 0 aliphatic heterocycles. The maximum Gasteiger partial charge on any atom is 0.241 e. The van der Waals surface area contributed by atoms with Gasteiger partial charge in [-0.3, -0.25) is 0 Å². The van der Waals surface area contributed by atoms with Crippen LogP contribution in [-0.4, -0.2) is 8.42 Å². The second-order valence-corrected chi connectivity index (χ2v) is 9.17. The molecule has 0 aliphatic carbocycles. The summed E-state index contributed by atoms with van der Waals surface area (Å²) in [5.74, 6) is 0. The smallest absolute Gasteiger partial charge is 0.207 e. The lowest BCUT2D eigenvalue weighted by Crippen LogP contribution is -2.27. The Hall–Kier alpha value is -1.65. The fourth-order valence-electron chi connectivity index (χ4n) is 2.63. The molecule has 130 valence electrons. The van der Waals surface area contributed by atoms with Gasteiger partial charge in [0.15, 0.2) is 0 Å². The van der Waals surface area contributed by atoms with Crippen molar-refractivity contribution in [2.45, 2.75) is 57.9 Å². The second-order valence-electron chi connectivity index (χ2n) is 7.48. The molecule has 0 fully saturated rings. The van der Waals surface area contributed by atoms with Gasteiger partial charge in [0.25, 0.3) is 0 Å². The minimum Gasteiger partial charge on any atom is -0.207 e. The second kappa shape index (κ2) is 6.69. The van der Waals surface area contributed by atoms with Gasteiger partial charge in [0.1, 0.15) is 0 Å². The van der Waals surface area contributed by atoms with Crippen molar-refractivity contribution in [2.75, 3.05) is 0 Å². The van der Waals surface area contributed by atoms with Gasteiger partial charge in [0.2, 0.25) is 10.0 Å². The van der Waals surface area contributed by atoms with E-state index in [0.717, 1.165) is 16.7 Å². The van der Waals surface area contributed by atoms with Gasteiger partial charge in [-0.2, -0.15) is 0 Å². The van der Waals surface area contributed by atoms with Crippen molar-refractivity contribution in [1.29, 1.82) is 0 Å². The van der Waals surface area contributed by atoms with Crippen LogP contribution in [0.15, 0.2) is 47.4 Å². The Kier molecular flexibility index (Phi) is 5.21. The molecule has 0 amide bonds. The van der Waals surface area contributed by atoms with Gasteiger partial charge in [-0.15, -0.1) is 0 Å². The number of aryl methyl sites for hydroxylation is 2. The minimum atomic E-state index is -3.55. The first-order chi connectivity index (χ1) is 11.0. The normalized spacial score (nSPS) is 13.8. The maximum atomic E-state index is 12.7. The third-order valence-corrected chi connectivity index (χ3v) is 5.92. The van der Waals surface area contributed by atoms with Crippen LogP contribution in [0.25, 0.3) is 0 Å². The molecule has 0 spiro atoms. The van der Waals surface area contributed by atoms with Crippen molar-refractivity contribution in [3.63, 3.8) is 0 Å². The standard InChI is InChI=1S/C20H27NO2S/c1-14-7-8-15(2)19(13-14)24(22,23)21-16(3)17-9-11-18(12-10-17)20(4,5)6/h7-13,16,21H,1-6H3. The molecule has 0 bridgehead atoms. The first kappa shape index (κ1) is 18.7. The quantitative estimate of drug-likeness (QED) is 0.877. The summed E-state index contributed by atoms with van der Waals surface area (Å²) in [5, 5.41) is 0. The van der Waals surface area contributed by atoms with Crippen LogP contribution in [-0.2, 0) is 15.4 Å². The molecule has 2 rings (SSSR count). The van der Waals surface area contributed by atoms with Crippen LogP contribution in [0.2, 0.25) is 0 Å². The van der Waals surface area contributed by atoms with Crippen molar-refractivity contribution < 1.29 is 8.42 Å². The van der Waals surface area contributed by atoms with E-state index in [1.54, 1.807) is 6.07 Å². The molecule has 4 heteroatoms. The summed E-state index contributed by atoms with van der Waals surface area (Å²) >= 11 is 0. The van der Waals surface area contributed by atoms with Crippen LogP contribution in [0.4, 0.5) is 0 Å². The predicted molar refractivity (Wildman–Crippen MR) is 99.8 cm³/mol. The molecule has 1 N–H and O–H groups in total. The van der Waals surface area contributed by atoms with E-state index in [4.69, 9.17) is 0 Å². The summed E-state index contributed by atoms with van der Waals surface area (Å²) in [6.07, 6.45) is 0. The van der Waals surface area contributed by atoms with E-state index in [1.807, 2.05) is 45.0 Å². The Balaban J connectivity index is 2.25. The lowest BCUT2D eigenvalue weighted by Gasteiger charge is -2.21. The summed E-state index contributed by atoms with van der Waals surface area (Å²) < 4.78 is 28.2. The third-order valence-electron chi connectivity index (χ3n) is 4.24. The van der Waals surface area contributed by atoms with Gasteiger partial charge in [-0.25, -0.2) is 13.1 Å². The maximum absolute atomic E-state index is 12.7. The van der Waals surface area contributed by atoms with Crippen molar-refractivity contribution >= 4 is 10.0 Å². The zero-order valence-electron chi connectivity index (χ0n) is 15.3. The van der Waals surface area contributed by atoms with Crippen LogP contribution in [0.3, 0.4) is 0 Å². The van der Waals surface area contributed by atoms with Gasteiger partial charge in [0, 0.05) is 6.04 Å². The average molecular weight is 346 g/mol. The highest BCUT2D eigenvalue weighted by Gasteiger charge is 2.21. The summed E-state index contributed by atoms with van der Waals surface area (Å²) in [6.45, 7) is 12.1. The first-order valence-corrected chi connectivity index (χ1v) is 9.69. The molecule has 0 aromatic heterocycles. The highest BCUT2D eigenvalue weighted by atomic mass is 32.2. The number of hydrogen-bond donors (Lipinski definition) is 1. The summed E-state index contributed by atoms with van der Waals surface area (Å²) in [5.41, 5.74) is 3.96. The lowest BCUT2D eigenvalue weighted by molar-refractivity contribution is 0.565. The van der Waals surface area contributed by atoms with E-state index in [9.17, 15) is 8.42 Å². The van der Waals surface area contributed by atoms with E-state index in [2.05, 4.69) is 37.6 Å². The van der Waals surface area contributed by atoms with Gasteiger partial charge in [0.05, 0.1) is 4.90 Å². The fourth-order valence-corrected chi connectivity index (χ4v) is 4.19. The summed E-state index contributed by atoms with van der Waals surface area (Å²) in [4.78, 5) is 0.348. The molecular weight excluding hydrogens is 318 g/mol. The summed E-state index contributed by atoms with van der Waals surface area (Å²) in [6, 6.07) is 13.3. The SMILES string of the molecule is Cc1ccc(C)c(S(=O)(=O)NC(C)c2ccc(C(C)(C)C)cc2)c1. The Morgan fingerprint density at radius 1 is 0.958 bits per heavy atom. The monoisotopic (exact) mass is 345 g/mol. The lowest BCUT2D eigenvalue weighted by atomic mass is 9.86. The van der Waals surface area contributed by atoms with Crippen molar-refractivity contribution in [3.8, 4) is 0 Å². The molecule has 0 radical (unpaired) electrons. The Bertz CT molecular complexity index is 816. The van der Waals surface area contributed by atoms with Gasteiger partial charge in [-0.05, 0) is 54.5 Å². The van der Waals surface area contributed by atoms with Gasteiger partial charge in [-0.1, -0.05) is 57.2 Å². The third kappa shape index (κ3) is 4.25. The molecule has 1 unspecified atom stereocenters. The molecule has 2 aromatic carbocycles. The van der Waals surface area contributed by atoms with Gasteiger partial charge >= 0.3 is 0 Å². The predicted octanol–water partition coefficient (Wildman–Crippen LogP) is 4.64. The topological polar surface area (TPSA) is 46.2 Å². The van der Waals surface area contributed by atoms with E-state index in [-0.39, 0.29) is 11.5 Å². The molecule has 0 aliphatic rings. The molecule has 0 saturated heterocycles. The Labute approximate surface area is 146 Å². The van der Waals surface area contributed by atoms with Crippen molar-refractivity contribution in [2.24, 2.45) is 0 Å². The number of nitrogens with one attached hydrogen (secondary N) is 1. The van der Waals surface area contributed by atoms with Crippen molar-refractivity contribution in [3.05, 3.63) is 64.7 Å². The molecule has 3 nitrogen and oxygen atoms in total. The van der Waals surface area contributed by atoms with Crippen LogP contribution in [0.1, 0.15) is 56.0 Å². The molecule has 0 saturated carbocycles. The average Bonchev–Trinajstić information content (AvgIpc) is 2.48. The number of sulfonamides is 1. The Morgan fingerprint density at radius 3 is 2.08 bits per heavy atom. The van der Waals surface area contributed by atoms with Gasteiger partial charge < -0.3 is 0 Å². The molecule has 2 aromatic rings. The van der Waals surface area contributed by atoms with E-state index < -0.39 is 10.0 Å². The number of hydrogen-bond acceptors (Lipinski definition) is 2. The highest BCUT2D eigenvalue weighted by molar-refractivity contribution is 7.89. The minimum absolute atomic E-state index is 0.0833. The fraction of sp³-hybridized carbons (Fsp3) is 0.400. The molecular formula is C20H27NO2S. The van der Waals surface area contributed by atoms with Crippen LogP contribution in [0.5, 0.6) is 0 Å². The molecule has 0 heterocycles. The number of rotatable bonds is 4. The van der Waals surface area contributed by atoms with Crippen LogP contribution >= 0.6 is 0 Å². The zero-order valence-corrected chi connectivity index (χ0v) is 16.2. The largest absolute Gasteiger partial charge is 0.241 e. The van der Waals surface area contributed by atoms with Crippen molar-refractivity contribution in [1.82, 2.24) is 4.72 Å². The Morgan fingerprint density at radius 2 is 1.54 bits per heavy atom. The zero-order chi connectivity index (χ0) is 18.1. The first-order valence-electron chi connectivity index (χ1n) is 8.21. The van der Waals surface area contributed by atoms with E-state index >= 15 is 0 Å². The highest BCUT2D eigenvalue weighted by Crippen LogP contribution is 2.25. The van der Waals surface area contributed by atoms with E-state index in [0.29, 0.717) is 4.90 Å².